The molecule has 4 aliphatic carbocycles. The molecule has 2 amide bonds. The summed E-state index contributed by atoms with van der Waals surface area (Å²) in [5, 5.41) is 16.0. The fourth-order valence-corrected chi connectivity index (χ4v) is 8.50. The van der Waals surface area contributed by atoms with E-state index < -0.39 is 6.29 Å². The highest BCUT2D eigenvalue weighted by Crippen LogP contribution is 2.55. The number of nitrogens with one attached hydrogen (secondary N) is 2. The maximum absolute atomic E-state index is 13.1. The van der Waals surface area contributed by atoms with Gasteiger partial charge in [-0.2, -0.15) is 0 Å². The maximum Gasteiger partial charge on any atom is 0.319 e. The Balaban J connectivity index is 1.02. The fourth-order valence-electron chi connectivity index (χ4n) is 8.50. The van der Waals surface area contributed by atoms with Gasteiger partial charge in [-0.25, -0.2) is 4.79 Å². The molecule has 6 fully saturated rings. The third kappa shape index (κ3) is 6.18. The van der Waals surface area contributed by atoms with Crippen LogP contribution >= 0.6 is 0 Å². The number of anilines is 1. The van der Waals surface area contributed by atoms with Gasteiger partial charge in [-0.3, -0.25) is 4.90 Å². The lowest BCUT2D eigenvalue weighted by atomic mass is 9.53. The van der Waals surface area contributed by atoms with Gasteiger partial charge in [0.05, 0.1) is 32.0 Å². The molecule has 0 unspecified atom stereocenters. The maximum atomic E-state index is 13.1. The monoisotopic (exact) mass is 561 g/mol. The van der Waals surface area contributed by atoms with E-state index in [1.807, 2.05) is 48.5 Å². The summed E-state index contributed by atoms with van der Waals surface area (Å²) < 4.78 is 18.5. The average Bonchev–Trinajstić information content (AvgIpc) is 2.97. The molecule has 0 radical (unpaired) electrons. The predicted octanol–water partition coefficient (Wildman–Crippen LogP) is 5.15. The zero-order chi connectivity index (χ0) is 27.8. The fraction of sp³-hybridized carbons (Fsp3) is 0.606. The molecule has 220 valence electrons. The van der Waals surface area contributed by atoms with Gasteiger partial charge < -0.3 is 30.0 Å². The number of rotatable bonds is 7. The molecular formula is C33H43N3O5. The van der Waals surface area contributed by atoms with Crippen molar-refractivity contribution in [2.75, 3.05) is 38.2 Å². The summed E-state index contributed by atoms with van der Waals surface area (Å²) in [6, 6.07) is 15.8. The van der Waals surface area contributed by atoms with Crippen LogP contribution < -0.4 is 10.6 Å². The Labute approximate surface area is 242 Å². The van der Waals surface area contributed by atoms with E-state index in [0.29, 0.717) is 0 Å². The lowest BCUT2D eigenvalue weighted by Gasteiger charge is -2.56. The number of aliphatic hydroxyl groups excluding tert-OH is 1. The van der Waals surface area contributed by atoms with Crippen molar-refractivity contribution in [3.8, 4) is 0 Å². The highest BCUT2D eigenvalue weighted by molar-refractivity contribution is 5.89. The van der Waals surface area contributed by atoms with E-state index in [2.05, 4.69) is 15.5 Å². The van der Waals surface area contributed by atoms with Crippen LogP contribution in [0.3, 0.4) is 0 Å². The van der Waals surface area contributed by atoms with Crippen molar-refractivity contribution < 1.29 is 24.1 Å². The minimum absolute atomic E-state index is 0.0115. The number of nitrogens with zero attached hydrogens (tertiary/aromatic N) is 1. The van der Waals surface area contributed by atoms with Crippen LogP contribution in [-0.2, 0) is 20.8 Å². The molecule has 8 rings (SSSR count). The molecule has 0 spiro atoms. The third-order valence-electron chi connectivity index (χ3n) is 10.0. The van der Waals surface area contributed by atoms with Crippen molar-refractivity contribution >= 4 is 11.7 Å². The summed E-state index contributed by atoms with van der Waals surface area (Å²) in [6.07, 6.45) is 7.64. The second kappa shape index (κ2) is 11.7. The van der Waals surface area contributed by atoms with Gasteiger partial charge in [0.25, 0.3) is 0 Å². The molecular weight excluding hydrogens is 518 g/mol. The Bertz CT molecular complexity index is 1160. The number of carbonyl (C=O) groups excluding carboxylic acids is 1. The van der Waals surface area contributed by atoms with Crippen LogP contribution in [0.15, 0.2) is 48.5 Å². The van der Waals surface area contributed by atoms with Crippen molar-refractivity contribution in [2.45, 2.75) is 75.6 Å². The second-order valence-electron chi connectivity index (χ2n) is 13.2. The van der Waals surface area contributed by atoms with Crippen LogP contribution in [0.2, 0.25) is 0 Å². The molecule has 2 aromatic rings. The molecule has 0 aromatic heterocycles. The van der Waals surface area contributed by atoms with Crippen LogP contribution in [0.1, 0.15) is 74.0 Å². The Kier molecular flexibility index (Phi) is 7.77. The Hall–Kier alpha value is -2.49. The van der Waals surface area contributed by atoms with Gasteiger partial charge in [-0.15, -0.1) is 0 Å². The standard InChI is InChI=1S/C33H43N3O5/c37-21-22-1-3-26(4-2-22)30-16-29(20-36-9-11-39-12-10-36)40-31(41-30)27-5-7-28(8-6-27)34-32(38)35-33-17-23-13-24(18-33)15-25(14-23)19-33/h1-8,23-25,29-31,37H,9-21H2,(H2,34,35,38)/t23?,24?,25?,29-,30+,31+,33?/m0/s1. The number of amides is 2. The minimum atomic E-state index is -0.507. The first kappa shape index (κ1) is 27.3. The average molecular weight is 562 g/mol. The first-order valence-corrected chi connectivity index (χ1v) is 15.5. The van der Waals surface area contributed by atoms with Crippen molar-refractivity contribution in [2.24, 2.45) is 17.8 Å². The van der Waals surface area contributed by atoms with Crippen LogP contribution in [0.5, 0.6) is 0 Å². The number of ether oxygens (including phenoxy) is 3. The summed E-state index contributed by atoms with van der Waals surface area (Å²) in [5.74, 6) is 2.37. The van der Waals surface area contributed by atoms with E-state index in [1.54, 1.807) is 0 Å². The van der Waals surface area contributed by atoms with Crippen LogP contribution in [0.25, 0.3) is 0 Å². The van der Waals surface area contributed by atoms with Gasteiger partial charge in [0.2, 0.25) is 0 Å². The van der Waals surface area contributed by atoms with Crippen LogP contribution in [0, 0.1) is 17.8 Å². The molecule has 2 heterocycles. The zero-order valence-electron chi connectivity index (χ0n) is 23.8. The number of hydrogen-bond acceptors (Lipinski definition) is 6. The Morgan fingerprint density at radius 2 is 1.49 bits per heavy atom. The van der Waals surface area contributed by atoms with Crippen molar-refractivity contribution in [1.82, 2.24) is 10.2 Å². The smallest absolute Gasteiger partial charge is 0.319 e. The molecule has 4 bridgehead atoms. The topological polar surface area (TPSA) is 92.3 Å². The Morgan fingerprint density at radius 1 is 0.854 bits per heavy atom. The summed E-state index contributed by atoms with van der Waals surface area (Å²) in [5.41, 5.74) is 3.66. The van der Waals surface area contributed by atoms with Crippen molar-refractivity contribution in [1.29, 1.82) is 0 Å². The molecule has 8 nitrogen and oxygen atoms in total. The quantitative estimate of drug-likeness (QED) is 0.433. The number of urea groups is 1. The highest BCUT2D eigenvalue weighted by atomic mass is 16.7. The van der Waals surface area contributed by atoms with E-state index in [1.165, 1.54) is 19.3 Å². The molecule has 4 saturated carbocycles. The normalized spacial score (nSPS) is 34.9. The summed E-state index contributed by atoms with van der Waals surface area (Å²) >= 11 is 0. The largest absolute Gasteiger partial charge is 0.392 e. The van der Waals surface area contributed by atoms with Crippen LogP contribution in [-0.4, -0.2) is 60.5 Å². The van der Waals surface area contributed by atoms with E-state index in [9.17, 15) is 9.90 Å². The zero-order valence-corrected chi connectivity index (χ0v) is 23.8. The van der Waals surface area contributed by atoms with E-state index in [4.69, 9.17) is 14.2 Å². The molecule has 41 heavy (non-hydrogen) atoms. The van der Waals surface area contributed by atoms with E-state index in [0.717, 1.165) is 98.7 Å². The molecule has 2 aromatic carbocycles. The van der Waals surface area contributed by atoms with Gasteiger partial charge in [0, 0.05) is 42.8 Å². The molecule has 6 aliphatic rings. The van der Waals surface area contributed by atoms with Crippen molar-refractivity contribution in [3.63, 3.8) is 0 Å². The van der Waals surface area contributed by atoms with Gasteiger partial charge >= 0.3 is 6.03 Å². The number of aliphatic hydroxyl groups is 1. The van der Waals surface area contributed by atoms with Gasteiger partial charge in [-0.05, 0) is 79.5 Å². The number of carbonyl (C=O) groups is 1. The first-order valence-electron chi connectivity index (χ1n) is 15.5. The molecule has 2 aliphatic heterocycles. The van der Waals surface area contributed by atoms with Gasteiger partial charge in [-0.1, -0.05) is 36.4 Å². The first-order chi connectivity index (χ1) is 20.0. The van der Waals surface area contributed by atoms with E-state index >= 15 is 0 Å². The highest BCUT2D eigenvalue weighted by Gasteiger charge is 2.51. The molecule has 3 atom stereocenters. The molecule has 3 N–H and O–H groups in total. The number of benzene rings is 2. The molecule has 2 saturated heterocycles. The van der Waals surface area contributed by atoms with E-state index in [-0.39, 0.29) is 30.4 Å². The predicted molar refractivity (Wildman–Crippen MR) is 155 cm³/mol. The summed E-state index contributed by atoms with van der Waals surface area (Å²) in [4.78, 5) is 15.5. The SMILES string of the molecule is O=C(Nc1ccc([C@@H]2O[C@H](CN3CCOCC3)C[C@H](c3ccc(CO)cc3)O2)cc1)NC12CC3CC(CC(C3)C1)C2. The Morgan fingerprint density at radius 3 is 2.12 bits per heavy atom. The third-order valence-corrected chi connectivity index (χ3v) is 10.0. The molecule has 8 heteroatoms. The van der Waals surface area contributed by atoms with Gasteiger partial charge in [0.15, 0.2) is 6.29 Å². The number of hydrogen-bond donors (Lipinski definition) is 3. The van der Waals surface area contributed by atoms with Crippen LogP contribution in [0.4, 0.5) is 10.5 Å². The lowest BCUT2D eigenvalue weighted by molar-refractivity contribution is -0.253. The summed E-state index contributed by atoms with van der Waals surface area (Å²) in [7, 11) is 0. The van der Waals surface area contributed by atoms with Crippen molar-refractivity contribution in [3.05, 3.63) is 65.2 Å². The lowest BCUT2D eigenvalue weighted by Crippen LogP contribution is -2.60. The summed E-state index contributed by atoms with van der Waals surface area (Å²) in [6.45, 7) is 4.18. The van der Waals surface area contributed by atoms with Gasteiger partial charge in [0.1, 0.15) is 0 Å². The second-order valence-corrected chi connectivity index (χ2v) is 13.2. The number of morpholine rings is 1. The minimum Gasteiger partial charge on any atom is -0.392 e.